The summed E-state index contributed by atoms with van der Waals surface area (Å²) in [6, 6.07) is 8.27. The molecule has 0 radical (unpaired) electrons. The number of β-amino-alcohol motifs (C(OH)–C–C–N with tert-alkyl or cyclic N) is 1. The van der Waals surface area contributed by atoms with E-state index < -0.39 is 16.8 Å². The van der Waals surface area contributed by atoms with Crippen LogP contribution in [0.2, 0.25) is 0 Å². The Morgan fingerprint density at radius 3 is 2.53 bits per heavy atom. The molecule has 1 unspecified atom stereocenters. The molecular formula is C37H45BrFN9O7. The lowest BCUT2D eigenvalue weighted by atomic mass is 9.96. The third-order valence-electron chi connectivity index (χ3n) is 10.1. The zero-order chi connectivity index (χ0) is 38.9. The number of methoxy groups -OCH3 is 1. The second kappa shape index (κ2) is 18.6. The Morgan fingerprint density at radius 2 is 1.80 bits per heavy atom. The number of nitro groups is 1. The van der Waals surface area contributed by atoms with E-state index >= 15 is 0 Å². The minimum Gasteiger partial charge on any atom is -0.493 e. The molecule has 2 aliphatic rings. The summed E-state index contributed by atoms with van der Waals surface area (Å²) in [6.07, 6.45) is 6.99. The number of nitrogens with zero attached hydrogens (tertiary/aromatic N) is 7. The van der Waals surface area contributed by atoms with Gasteiger partial charge in [-0.15, -0.1) is 0 Å². The van der Waals surface area contributed by atoms with Crippen LogP contribution in [-0.2, 0) is 16.1 Å². The number of amides is 2. The van der Waals surface area contributed by atoms with Crippen LogP contribution < -0.4 is 20.1 Å². The van der Waals surface area contributed by atoms with Gasteiger partial charge in [0.2, 0.25) is 11.8 Å². The van der Waals surface area contributed by atoms with E-state index in [9.17, 15) is 29.2 Å². The van der Waals surface area contributed by atoms with Crippen molar-refractivity contribution in [3.05, 3.63) is 69.5 Å². The average molecular weight is 827 g/mol. The number of hydrogen-bond donors (Lipinski definition) is 3. The van der Waals surface area contributed by atoms with E-state index in [1.54, 1.807) is 31.4 Å². The van der Waals surface area contributed by atoms with Crippen molar-refractivity contribution < 1.29 is 33.5 Å². The van der Waals surface area contributed by atoms with E-state index in [2.05, 4.69) is 46.4 Å². The maximum Gasteiger partial charge on any atom is 0.434 e. The van der Waals surface area contributed by atoms with Crippen LogP contribution >= 0.6 is 15.9 Å². The standard InChI is InChI=1S/C37H45BrFN9O7/c1-54-32-17-28-31(42-23-43-36(28)44-30-3-2-26(38)16-29(30)39)18-33(32)55-22-25-8-13-46(14-9-25)35(51)5-4-34(50)41-19-24-6-11-45(12-7-24)20-27(49)21-47-15-10-40-37(47)48(52)53/h2-3,10,15-18,23-25,27,49H,4-9,11-14,19-22H2,1H3,(H,41,50)(H,42,43,44). The van der Waals surface area contributed by atoms with Crippen LogP contribution in [0, 0.1) is 27.8 Å². The van der Waals surface area contributed by atoms with Crippen molar-refractivity contribution in [2.24, 2.45) is 11.8 Å². The lowest BCUT2D eigenvalue weighted by molar-refractivity contribution is -0.397. The lowest BCUT2D eigenvalue weighted by Gasteiger charge is -2.33. The number of anilines is 2. The Hall–Kier alpha value is -4.94. The summed E-state index contributed by atoms with van der Waals surface area (Å²) in [6.45, 7) is 4.14. The SMILES string of the molecule is COc1cc2c(Nc3ccc(Br)cc3F)ncnc2cc1OCC1CCN(C(=O)CCC(=O)NCC2CCN(CC(O)Cn3ccnc3[N+](=O)[O-])CC2)CC1. The largest absolute Gasteiger partial charge is 0.493 e. The molecule has 2 aromatic heterocycles. The van der Waals surface area contributed by atoms with Crippen LogP contribution in [0.5, 0.6) is 11.5 Å². The topological polar surface area (TPSA) is 190 Å². The maximum atomic E-state index is 14.5. The molecule has 0 aliphatic carbocycles. The van der Waals surface area contributed by atoms with Crippen LogP contribution in [0.25, 0.3) is 10.9 Å². The number of nitrogens with one attached hydrogen (secondary N) is 2. The number of aliphatic hydroxyl groups is 1. The Bertz CT molecular complexity index is 1970. The molecule has 0 bridgehead atoms. The van der Waals surface area contributed by atoms with Crippen molar-refractivity contribution in [2.45, 2.75) is 51.2 Å². The number of fused-ring (bicyclic) bond motifs is 1. The van der Waals surface area contributed by atoms with Gasteiger partial charge in [0.05, 0.1) is 37.6 Å². The van der Waals surface area contributed by atoms with Crippen molar-refractivity contribution >= 4 is 56.1 Å². The predicted octanol–water partition coefficient (Wildman–Crippen LogP) is 4.68. The van der Waals surface area contributed by atoms with Crippen molar-refractivity contribution in [3.63, 3.8) is 0 Å². The van der Waals surface area contributed by atoms with E-state index in [1.165, 1.54) is 29.4 Å². The highest BCUT2D eigenvalue weighted by atomic mass is 79.9. The predicted molar refractivity (Wildman–Crippen MR) is 205 cm³/mol. The number of hydrogen-bond acceptors (Lipinski definition) is 12. The first-order valence-corrected chi connectivity index (χ1v) is 19.1. The summed E-state index contributed by atoms with van der Waals surface area (Å²) in [5.74, 6) is 1.08. The number of aliphatic hydroxyl groups excluding tert-OH is 1. The fraction of sp³-hybridized carbons (Fsp3) is 0.486. The third kappa shape index (κ3) is 10.6. The van der Waals surface area contributed by atoms with Gasteiger partial charge in [-0.3, -0.25) is 9.59 Å². The third-order valence-corrected chi connectivity index (χ3v) is 10.6. The van der Waals surface area contributed by atoms with E-state index in [4.69, 9.17) is 9.47 Å². The van der Waals surface area contributed by atoms with Gasteiger partial charge in [0.15, 0.2) is 11.5 Å². The average Bonchev–Trinajstić information content (AvgIpc) is 3.65. The maximum absolute atomic E-state index is 14.5. The van der Waals surface area contributed by atoms with Gasteiger partial charge in [0.25, 0.3) is 0 Å². The van der Waals surface area contributed by atoms with Gasteiger partial charge < -0.3 is 45.1 Å². The summed E-state index contributed by atoms with van der Waals surface area (Å²) in [4.78, 5) is 52.4. The van der Waals surface area contributed by atoms with Gasteiger partial charge in [-0.2, -0.15) is 0 Å². The Labute approximate surface area is 325 Å². The molecule has 1 atom stereocenters. The Balaban J connectivity index is 0.878. The fourth-order valence-corrected chi connectivity index (χ4v) is 7.34. The summed E-state index contributed by atoms with van der Waals surface area (Å²) in [5, 5.41) is 28.2. The molecule has 0 spiro atoms. The number of aromatic nitrogens is 4. The van der Waals surface area contributed by atoms with Gasteiger partial charge in [-0.1, -0.05) is 20.9 Å². The van der Waals surface area contributed by atoms with Gasteiger partial charge in [0.1, 0.15) is 30.4 Å². The number of benzene rings is 2. The van der Waals surface area contributed by atoms with Crippen LogP contribution in [0.4, 0.5) is 21.8 Å². The molecule has 2 aromatic carbocycles. The number of piperidine rings is 2. The Morgan fingerprint density at radius 1 is 1.04 bits per heavy atom. The number of likely N-dealkylation sites (tertiary alicyclic amines) is 2. The fourth-order valence-electron chi connectivity index (χ4n) is 7.01. The van der Waals surface area contributed by atoms with Crippen molar-refractivity contribution in [1.82, 2.24) is 34.6 Å². The summed E-state index contributed by atoms with van der Waals surface area (Å²) in [7, 11) is 1.55. The van der Waals surface area contributed by atoms with E-state index in [-0.39, 0.29) is 48.8 Å². The summed E-state index contributed by atoms with van der Waals surface area (Å²) < 4.78 is 28.3. The molecule has 18 heteroatoms. The molecular weight excluding hydrogens is 781 g/mol. The molecule has 2 amide bonds. The highest BCUT2D eigenvalue weighted by molar-refractivity contribution is 9.10. The number of carbonyl (C=O) groups is 2. The molecule has 16 nitrogen and oxygen atoms in total. The zero-order valence-electron chi connectivity index (χ0n) is 30.5. The van der Waals surface area contributed by atoms with Crippen molar-refractivity contribution in [1.29, 1.82) is 0 Å². The second-order valence-electron chi connectivity index (χ2n) is 14.0. The first-order chi connectivity index (χ1) is 26.6. The number of ether oxygens (including phenoxy) is 2. The molecule has 4 aromatic rings. The molecule has 2 fully saturated rings. The van der Waals surface area contributed by atoms with Gasteiger partial charge in [-0.05, 0) is 79.8 Å². The monoisotopic (exact) mass is 825 g/mol. The molecule has 6 rings (SSSR count). The number of carbonyl (C=O) groups excluding carboxylic acids is 2. The summed E-state index contributed by atoms with van der Waals surface area (Å²) >= 11 is 3.27. The highest BCUT2D eigenvalue weighted by Crippen LogP contribution is 2.36. The highest BCUT2D eigenvalue weighted by Gasteiger charge is 2.26. The number of rotatable bonds is 16. The van der Waals surface area contributed by atoms with Gasteiger partial charge >= 0.3 is 5.95 Å². The van der Waals surface area contributed by atoms with Crippen molar-refractivity contribution in [3.8, 4) is 11.5 Å². The normalized spacial score (nSPS) is 16.2. The van der Waals surface area contributed by atoms with E-state index in [1.807, 2.05) is 4.90 Å². The molecule has 2 saturated heterocycles. The smallest absolute Gasteiger partial charge is 0.434 e. The van der Waals surface area contributed by atoms with Crippen LogP contribution in [0.15, 0.2) is 53.5 Å². The first kappa shape index (κ1) is 39.7. The minimum absolute atomic E-state index is 0.0364. The molecule has 3 N–H and O–H groups in total. The first-order valence-electron chi connectivity index (χ1n) is 18.3. The quantitative estimate of drug-likeness (QED) is 0.105. The molecule has 0 saturated carbocycles. The minimum atomic E-state index is -0.770. The van der Waals surface area contributed by atoms with Crippen LogP contribution in [-0.4, -0.2) is 110 Å². The van der Waals surface area contributed by atoms with E-state index in [0.717, 1.165) is 38.8 Å². The zero-order valence-corrected chi connectivity index (χ0v) is 32.1. The number of imidazole rings is 1. The van der Waals surface area contributed by atoms with E-state index in [0.29, 0.717) is 71.4 Å². The number of halogens is 2. The Kier molecular flexibility index (Phi) is 13.4. The van der Waals surface area contributed by atoms with Gasteiger partial charge in [0, 0.05) is 54.9 Å². The van der Waals surface area contributed by atoms with Crippen LogP contribution in [0.1, 0.15) is 38.5 Å². The molecule has 2 aliphatic heterocycles. The molecule has 294 valence electrons. The molecule has 55 heavy (non-hydrogen) atoms. The molecule has 4 heterocycles. The summed E-state index contributed by atoms with van der Waals surface area (Å²) in [5.41, 5.74) is 0.879. The second-order valence-corrected chi connectivity index (χ2v) is 14.9. The van der Waals surface area contributed by atoms with Crippen molar-refractivity contribution in [2.75, 3.05) is 58.3 Å². The van der Waals surface area contributed by atoms with Crippen LogP contribution in [0.3, 0.4) is 0 Å². The lowest BCUT2D eigenvalue weighted by Crippen LogP contribution is -2.42. The van der Waals surface area contributed by atoms with Gasteiger partial charge in [-0.25, -0.2) is 18.9 Å².